The zero-order valence-electron chi connectivity index (χ0n) is 10.6. The average molecular weight is 310 g/mol. The highest BCUT2D eigenvalue weighted by atomic mass is 35.5. The fourth-order valence-electron chi connectivity index (χ4n) is 1.65. The van der Waals surface area contributed by atoms with Crippen LogP contribution in [0.1, 0.15) is 17.3 Å². The number of carbonyl (C=O) groups is 1. The molecule has 0 amide bonds. The third-order valence-corrected chi connectivity index (χ3v) is 4.55. The number of hydrogen-bond acceptors (Lipinski definition) is 3. The summed E-state index contributed by atoms with van der Waals surface area (Å²) in [7, 11) is -3.74. The van der Waals surface area contributed by atoms with E-state index in [1.807, 2.05) is 0 Å². The van der Waals surface area contributed by atoms with Gasteiger partial charge < -0.3 is 0 Å². The van der Waals surface area contributed by atoms with Crippen molar-refractivity contribution in [3.8, 4) is 0 Å². The van der Waals surface area contributed by atoms with Gasteiger partial charge >= 0.3 is 0 Å². The maximum Gasteiger partial charge on any atom is 0.263 e. The van der Waals surface area contributed by atoms with Crippen LogP contribution in [0.3, 0.4) is 0 Å². The first-order chi connectivity index (χ1) is 9.40. The van der Waals surface area contributed by atoms with Crippen LogP contribution in [0.15, 0.2) is 53.4 Å². The molecule has 0 fully saturated rings. The first-order valence-corrected chi connectivity index (χ1v) is 7.64. The normalized spacial score (nSPS) is 11.1. The lowest BCUT2D eigenvalue weighted by Crippen LogP contribution is -2.13. The molecule has 2 aromatic rings. The topological polar surface area (TPSA) is 63.2 Å². The molecule has 2 aromatic carbocycles. The third-order valence-electron chi connectivity index (χ3n) is 2.67. The molecule has 0 aliphatic rings. The van der Waals surface area contributed by atoms with Crippen LogP contribution in [0.25, 0.3) is 0 Å². The van der Waals surface area contributed by atoms with Gasteiger partial charge in [-0.15, -0.1) is 0 Å². The Labute approximate surface area is 122 Å². The molecular weight excluding hydrogens is 298 g/mol. The van der Waals surface area contributed by atoms with E-state index in [1.54, 1.807) is 24.3 Å². The summed E-state index contributed by atoms with van der Waals surface area (Å²) in [5, 5.41) is 0.153. The Kier molecular flexibility index (Phi) is 4.11. The SMILES string of the molecule is CC(=O)c1ccc(NS(=O)(=O)c2ccccc2Cl)cc1. The van der Waals surface area contributed by atoms with E-state index in [-0.39, 0.29) is 15.7 Å². The fourth-order valence-corrected chi connectivity index (χ4v) is 3.23. The number of anilines is 1. The van der Waals surface area contributed by atoms with Gasteiger partial charge in [0.15, 0.2) is 5.78 Å². The molecular formula is C14H12ClNO3S. The van der Waals surface area contributed by atoms with Crippen molar-refractivity contribution in [2.45, 2.75) is 11.8 Å². The highest BCUT2D eigenvalue weighted by Gasteiger charge is 2.17. The smallest absolute Gasteiger partial charge is 0.263 e. The van der Waals surface area contributed by atoms with Gasteiger partial charge in [-0.3, -0.25) is 9.52 Å². The molecule has 0 saturated heterocycles. The summed E-state index contributed by atoms with van der Waals surface area (Å²) >= 11 is 5.88. The van der Waals surface area contributed by atoms with E-state index in [2.05, 4.69) is 4.72 Å². The molecule has 0 aliphatic carbocycles. The number of halogens is 1. The second-order valence-electron chi connectivity index (χ2n) is 4.17. The lowest BCUT2D eigenvalue weighted by atomic mass is 10.1. The predicted molar refractivity (Wildman–Crippen MR) is 78.7 cm³/mol. The molecule has 0 heterocycles. The Balaban J connectivity index is 2.29. The van der Waals surface area contributed by atoms with Crippen molar-refractivity contribution in [1.29, 1.82) is 0 Å². The number of sulfonamides is 1. The standard InChI is InChI=1S/C14H12ClNO3S/c1-10(17)11-6-8-12(9-7-11)16-20(18,19)14-5-3-2-4-13(14)15/h2-9,16H,1H3. The van der Waals surface area contributed by atoms with E-state index in [0.29, 0.717) is 11.3 Å². The van der Waals surface area contributed by atoms with Crippen molar-refractivity contribution in [3.05, 3.63) is 59.1 Å². The molecule has 0 radical (unpaired) electrons. The van der Waals surface area contributed by atoms with Gasteiger partial charge in [-0.05, 0) is 43.3 Å². The highest BCUT2D eigenvalue weighted by Crippen LogP contribution is 2.23. The third kappa shape index (κ3) is 3.18. The van der Waals surface area contributed by atoms with Gasteiger partial charge in [-0.2, -0.15) is 0 Å². The van der Waals surface area contributed by atoms with E-state index in [9.17, 15) is 13.2 Å². The molecule has 104 valence electrons. The minimum atomic E-state index is -3.74. The van der Waals surface area contributed by atoms with Crippen LogP contribution in [0.2, 0.25) is 5.02 Å². The summed E-state index contributed by atoms with van der Waals surface area (Å²) in [6, 6.07) is 12.4. The molecule has 2 rings (SSSR count). The van der Waals surface area contributed by atoms with Crippen molar-refractivity contribution < 1.29 is 13.2 Å². The van der Waals surface area contributed by atoms with Crippen LogP contribution in [-0.2, 0) is 10.0 Å². The number of carbonyl (C=O) groups excluding carboxylic acids is 1. The summed E-state index contributed by atoms with van der Waals surface area (Å²) in [5.41, 5.74) is 0.889. The highest BCUT2D eigenvalue weighted by molar-refractivity contribution is 7.92. The van der Waals surface area contributed by atoms with Crippen molar-refractivity contribution >= 4 is 33.1 Å². The van der Waals surface area contributed by atoms with Crippen molar-refractivity contribution in [2.75, 3.05) is 4.72 Å². The van der Waals surface area contributed by atoms with Crippen LogP contribution in [0, 0.1) is 0 Å². The van der Waals surface area contributed by atoms with Crippen LogP contribution < -0.4 is 4.72 Å². The Bertz CT molecular complexity index is 739. The summed E-state index contributed by atoms with van der Waals surface area (Å²) in [5.74, 6) is -0.0782. The maximum atomic E-state index is 12.2. The first-order valence-electron chi connectivity index (χ1n) is 5.78. The largest absolute Gasteiger partial charge is 0.295 e. The molecule has 0 atom stereocenters. The predicted octanol–water partition coefficient (Wildman–Crippen LogP) is 3.34. The van der Waals surface area contributed by atoms with Gasteiger partial charge in [0, 0.05) is 11.3 Å². The van der Waals surface area contributed by atoms with Crippen molar-refractivity contribution in [2.24, 2.45) is 0 Å². The summed E-state index contributed by atoms with van der Waals surface area (Å²) in [6.07, 6.45) is 0. The molecule has 0 aromatic heterocycles. The van der Waals surface area contributed by atoms with Crippen LogP contribution in [0.4, 0.5) is 5.69 Å². The van der Waals surface area contributed by atoms with Gasteiger partial charge in [0.1, 0.15) is 4.90 Å². The lowest BCUT2D eigenvalue weighted by Gasteiger charge is -2.09. The zero-order chi connectivity index (χ0) is 14.8. The monoisotopic (exact) mass is 309 g/mol. The van der Waals surface area contributed by atoms with Gasteiger partial charge in [0.25, 0.3) is 10.0 Å². The fraction of sp³-hybridized carbons (Fsp3) is 0.0714. The number of ketones is 1. The second kappa shape index (κ2) is 5.64. The van der Waals surface area contributed by atoms with Crippen molar-refractivity contribution in [3.63, 3.8) is 0 Å². The van der Waals surface area contributed by atoms with Gasteiger partial charge in [-0.25, -0.2) is 8.42 Å². The minimum Gasteiger partial charge on any atom is -0.295 e. The molecule has 20 heavy (non-hydrogen) atoms. The molecule has 0 saturated carbocycles. The summed E-state index contributed by atoms with van der Waals surface area (Å²) in [4.78, 5) is 11.2. The number of Topliss-reactive ketones (excluding diaryl/α,β-unsaturated/α-hetero) is 1. The Hall–Kier alpha value is -1.85. The van der Waals surface area contributed by atoms with E-state index in [1.165, 1.54) is 31.2 Å². The first kappa shape index (κ1) is 14.6. The Morgan fingerprint density at radius 1 is 1.05 bits per heavy atom. The molecule has 0 aliphatic heterocycles. The number of hydrogen-bond donors (Lipinski definition) is 1. The molecule has 0 bridgehead atoms. The number of nitrogens with one attached hydrogen (secondary N) is 1. The van der Waals surface area contributed by atoms with Gasteiger partial charge in [0.05, 0.1) is 5.02 Å². The Morgan fingerprint density at radius 2 is 1.65 bits per heavy atom. The quantitative estimate of drug-likeness (QED) is 0.881. The molecule has 1 N–H and O–H groups in total. The van der Waals surface area contributed by atoms with Crippen LogP contribution in [0.5, 0.6) is 0 Å². The van der Waals surface area contributed by atoms with E-state index >= 15 is 0 Å². The lowest BCUT2D eigenvalue weighted by molar-refractivity contribution is 0.101. The molecule has 4 nitrogen and oxygen atoms in total. The summed E-state index contributed by atoms with van der Waals surface area (Å²) < 4.78 is 26.8. The van der Waals surface area contributed by atoms with Crippen LogP contribution >= 0.6 is 11.6 Å². The minimum absolute atomic E-state index is 0.0114. The van der Waals surface area contributed by atoms with Crippen LogP contribution in [-0.4, -0.2) is 14.2 Å². The average Bonchev–Trinajstić information content (AvgIpc) is 2.39. The number of rotatable bonds is 4. The van der Waals surface area contributed by atoms with Gasteiger partial charge in [0.2, 0.25) is 0 Å². The van der Waals surface area contributed by atoms with Gasteiger partial charge in [-0.1, -0.05) is 23.7 Å². The molecule has 6 heteroatoms. The second-order valence-corrected chi connectivity index (χ2v) is 6.23. The zero-order valence-corrected chi connectivity index (χ0v) is 12.2. The molecule has 0 spiro atoms. The number of benzene rings is 2. The van der Waals surface area contributed by atoms with Crippen molar-refractivity contribution in [1.82, 2.24) is 0 Å². The van der Waals surface area contributed by atoms with E-state index < -0.39 is 10.0 Å². The Morgan fingerprint density at radius 3 is 2.20 bits per heavy atom. The van der Waals surface area contributed by atoms with E-state index in [4.69, 9.17) is 11.6 Å². The summed E-state index contributed by atoms with van der Waals surface area (Å²) in [6.45, 7) is 1.45. The maximum absolute atomic E-state index is 12.2. The van der Waals surface area contributed by atoms with E-state index in [0.717, 1.165) is 0 Å². The molecule has 0 unspecified atom stereocenters.